The fraction of sp³-hybridized carbons (Fsp3) is 0.625. The maximum atomic E-state index is 9.98. The maximum absolute atomic E-state index is 9.98. The first-order valence-electron chi connectivity index (χ1n) is 3.64. The van der Waals surface area contributed by atoms with E-state index < -0.39 is 10.7 Å². The third-order valence-electron chi connectivity index (χ3n) is 0.745. The summed E-state index contributed by atoms with van der Waals surface area (Å²) < 4.78 is -0.527. The average molecular weight is 342 g/mol. The number of aliphatic hydroxyl groups excluding tert-OH is 2. The summed E-state index contributed by atoms with van der Waals surface area (Å²) in [6.07, 6.45) is 0. The Labute approximate surface area is 129 Å². The van der Waals surface area contributed by atoms with E-state index in [0.717, 1.165) is 14.2 Å². The number of aliphatic hydroxyl groups is 2. The molecule has 0 fully saturated rings. The Bertz CT molecular complexity index is 143. The van der Waals surface area contributed by atoms with E-state index in [9.17, 15) is 4.79 Å². The van der Waals surface area contributed by atoms with Crippen molar-refractivity contribution in [3.05, 3.63) is 0 Å². The number of nitrogens with zero attached hydrogens (tertiary/aromatic N) is 1. The molecule has 1 radical (unpaired) electrons. The van der Waals surface area contributed by atoms with Crippen LogP contribution in [-0.4, -0.2) is 72.3 Å². The Morgan fingerprint density at radius 3 is 1.39 bits per heavy atom. The summed E-state index contributed by atoms with van der Waals surface area (Å²) in [5.74, 6) is -0.905. The van der Waals surface area contributed by atoms with E-state index in [1.54, 1.807) is 7.05 Å². The van der Waals surface area contributed by atoms with Gasteiger partial charge in [-0.25, -0.2) is 4.71 Å². The second kappa shape index (κ2) is 43.6. The van der Waals surface area contributed by atoms with Crippen LogP contribution >= 0.6 is 0 Å². The molecule has 7 nitrogen and oxygen atoms in total. The van der Waals surface area contributed by atoms with Gasteiger partial charge in [-0.15, -0.1) is 0 Å². The van der Waals surface area contributed by atoms with Gasteiger partial charge in [-0.2, -0.15) is 0 Å². The zero-order valence-electron chi connectivity index (χ0n) is 10.1. The third kappa shape index (κ3) is 56.5. The predicted molar refractivity (Wildman–Crippen MR) is 68.6 cm³/mol. The van der Waals surface area contributed by atoms with Crippen LogP contribution in [0.5, 0.6) is 0 Å². The van der Waals surface area contributed by atoms with Gasteiger partial charge >= 0.3 is 5.97 Å². The van der Waals surface area contributed by atoms with Gasteiger partial charge in [0.15, 0.2) is 0 Å². The van der Waals surface area contributed by atoms with Gasteiger partial charge in [0, 0.05) is 31.3 Å². The number of likely N-dealkylation sites (N-methyl/N-ethyl adjacent to an activating group) is 1. The Morgan fingerprint density at radius 2 is 1.33 bits per heavy atom. The normalized spacial score (nSPS) is 6.50. The SMILES string of the molecule is CN(CC(=O)O)C([S-])[S-].CO.CO.[CH-]=O.[CH-]=O.[Mn]. The van der Waals surface area contributed by atoms with Crippen LogP contribution in [0.15, 0.2) is 0 Å². The molecule has 0 saturated carbocycles. The Balaban J connectivity index is -0.0000000342. The summed E-state index contributed by atoms with van der Waals surface area (Å²) in [4.78, 5) is 26.9. The summed E-state index contributed by atoms with van der Waals surface area (Å²) in [5.41, 5.74) is 0. The van der Waals surface area contributed by atoms with Gasteiger partial charge in [-0.3, -0.25) is 18.4 Å². The van der Waals surface area contributed by atoms with E-state index in [1.165, 1.54) is 4.90 Å². The predicted octanol–water partition coefficient (Wildman–Crippen LogP) is -1.95. The van der Waals surface area contributed by atoms with Gasteiger partial charge in [0.05, 0.1) is 6.54 Å². The van der Waals surface area contributed by atoms with Crippen molar-refractivity contribution >= 4 is 44.8 Å². The molecule has 0 aliphatic carbocycles. The molecule has 113 valence electrons. The van der Waals surface area contributed by atoms with E-state index in [2.05, 4.69) is 38.8 Å². The van der Waals surface area contributed by atoms with E-state index in [0.29, 0.717) is 0 Å². The Kier molecular flexibility index (Phi) is 87.4. The molecule has 0 aromatic heterocycles. The molecule has 0 bridgehead atoms. The fourth-order valence-electron chi connectivity index (χ4n) is 0.288. The smallest absolute Gasteiger partial charge is 0.317 e. The van der Waals surface area contributed by atoms with Crippen LogP contribution in [0.3, 0.4) is 0 Å². The van der Waals surface area contributed by atoms with Crippen molar-refractivity contribution in [2.24, 2.45) is 0 Å². The van der Waals surface area contributed by atoms with Crippen molar-refractivity contribution in [3.8, 4) is 0 Å². The zero-order chi connectivity index (χ0) is 15.4. The topological polar surface area (TPSA) is 115 Å². The molecule has 18 heavy (non-hydrogen) atoms. The Hall–Kier alpha value is -0.0905. The van der Waals surface area contributed by atoms with E-state index >= 15 is 0 Å². The van der Waals surface area contributed by atoms with Gasteiger partial charge in [-0.05, 0) is 7.05 Å². The molecule has 0 rings (SSSR count). The van der Waals surface area contributed by atoms with E-state index in [4.69, 9.17) is 24.9 Å². The second-order valence-electron chi connectivity index (χ2n) is 1.62. The van der Waals surface area contributed by atoms with Gasteiger partial charge < -0.3 is 55.1 Å². The number of carboxylic acid groups (broad SMARTS) is 1. The van der Waals surface area contributed by atoms with Crippen molar-refractivity contribution < 1.29 is 46.8 Å². The number of carbonyl (C=O) groups excluding carboxylic acids is 2. The first-order valence-corrected chi connectivity index (χ1v) is 4.58. The molecule has 0 spiro atoms. The number of carbonyl (C=O) groups is 1. The summed E-state index contributed by atoms with van der Waals surface area (Å²) in [7, 11) is 3.58. The van der Waals surface area contributed by atoms with Crippen molar-refractivity contribution in [2.75, 3.05) is 27.8 Å². The Morgan fingerprint density at radius 1 is 1.11 bits per heavy atom. The number of hydrogen-bond donors (Lipinski definition) is 3. The molecule has 0 atom stereocenters. The van der Waals surface area contributed by atoms with Gasteiger partial charge in [0.25, 0.3) is 0 Å². The quantitative estimate of drug-likeness (QED) is 0.233. The van der Waals surface area contributed by atoms with Gasteiger partial charge in [0.1, 0.15) is 0 Å². The molecule has 0 saturated heterocycles. The number of rotatable bonds is 3. The molecule has 0 unspecified atom stereocenters. The van der Waals surface area contributed by atoms with Crippen molar-refractivity contribution in [1.29, 1.82) is 0 Å². The molecule has 10 heteroatoms. The summed E-state index contributed by atoms with van der Waals surface area (Å²) >= 11 is 9.19. The molecule has 0 aromatic carbocycles. The summed E-state index contributed by atoms with van der Waals surface area (Å²) in [6, 6.07) is 0. The van der Waals surface area contributed by atoms with Gasteiger partial charge in [0.2, 0.25) is 0 Å². The van der Waals surface area contributed by atoms with Gasteiger partial charge in [-0.1, -0.05) is 0 Å². The molecule has 0 amide bonds. The van der Waals surface area contributed by atoms with Crippen LogP contribution in [-0.2, 0) is 56.7 Å². The second-order valence-corrected chi connectivity index (χ2v) is 2.81. The molecule has 0 aliphatic rings. The van der Waals surface area contributed by atoms with E-state index in [1.807, 2.05) is 0 Å². The van der Waals surface area contributed by atoms with Crippen LogP contribution < -0.4 is 0 Å². The summed E-state index contributed by atoms with van der Waals surface area (Å²) in [6.45, 7) is 6.41. The largest absolute Gasteiger partial charge is 0.800 e. The molecule has 0 aliphatic heterocycles. The first-order chi connectivity index (χ1) is 8.04. The van der Waals surface area contributed by atoms with Crippen molar-refractivity contribution in [3.63, 3.8) is 0 Å². The molecule has 3 N–H and O–H groups in total. The zero-order valence-corrected chi connectivity index (χ0v) is 13.0. The van der Waals surface area contributed by atoms with Crippen molar-refractivity contribution in [2.45, 2.75) is 4.71 Å². The van der Waals surface area contributed by atoms with Crippen molar-refractivity contribution in [1.82, 2.24) is 4.90 Å². The van der Waals surface area contributed by atoms with Crippen LogP contribution in [0, 0.1) is 0 Å². The minimum Gasteiger partial charge on any atom is -0.800 e. The maximum Gasteiger partial charge on any atom is 0.317 e. The number of aliphatic carboxylic acids is 1. The first kappa shape index (κ1) is 36.1. The fourth-order valence-corrected chi connectivity index (χ4v) is 0.437. The average Bonchev–Trinajstić information content (AvgIpc) is 2.38. The minimum atomic E-state index is -0.905. The molecule has 0 heterocycles. The van der Waals surface area contributed by atoms with Crippen LogP contribution in [0.25, 0.3) is 0 Å². The third-order valence-corrected chi connectivity index (χ3v) is 1.46. The van der Waals surface area contributed by atoms with Crippen LogP contribution in [0.4, 0.5) is 0 Å². The van der Waals surface area contributed by atoms with Crippen LogP contribution in [0.1, 0.15) is 0 Å². The number of hydrogen-bond acceptors (Lipinski definition) is 8. The minimum absolute atomic E-state index is 0. The van der Waals surface area contributed by atoms with Crippen LogP contribution in [0.2, 0.25) is 0 Å². The summed E-state index contributed by atoms with van der Waals surface area (Å²) in [5, 5.41) is 22.2. The molecular weight excluding hydrogens is 325 g/mol. The number of carboxylic acids is 1. The molecular formula is C8H17MnNO6S2-4. The molecule has 0 aromatic rings. The monoisotopic (exact) mass is 342 g/mol. The standard InChI is InChI=1S/C4H9NO2S2.2CH4O.2CHO.Mn/c1-5(4(8)9)2-3(6)7;4*1-2;/h4,8-9H,2H2,1H3,(H,6,7);2*2H,1H3;2*1H;/q;;;2*-1;/p-2. The van der Waals surface area contributed by atoms with E-state index in [-0.39, 0.29) is 23.6 Å².